The van der Waals surface area contributed by atoms with Gasteiger partial charge in [0.05, 0.1) is 17.4 Å². The smallest absolute Gasteiger partial charge is 0.273 e. The number of hydrogen-bond acceptors (Lipinski definition) is 4. The molecule has 18 heavy (non-hydrogen) atoms. The molecule has 0 fully saturated rings. The van der Waals surface area contributed by atoms with E-state index in [2.05, 4.69) is 21.7 Å². The van der Waals surface area contributed by atoms with E-state index in [1.807, 2.05) is 6.92 Å². The largest absolute Gasteiger partial charge is 0.351 e. The fourth-order valence-corrected chi connectivity index (χ4v) is 1.50. The molecule has 0 aliphatic carbocycles. The summed E-state index contributed by atoms with van der Waals surface area (Å²) >= 11 is 0. The summed E-state index contributed by atoms with van der Waals surface area (Å²) in [5.41, 5.74) is 1.30. The van der Waals surface area contributed by atoms with E-state index < -0.39 is 0 Å². The molecular weight excluding hydrogens is 230 g/mol. The Bertz CT molecular complexity index is 611. The number of carbonyl (C=O) groups excluding carboxylic acids is 1. The first-order valence-electron chi connectivity index (χ1n) is 5.46. The lowest BCUT2D eigenvalue weighted by atomic mass is 10.2. The van der Waals surface area contributed by atoms with Gasteiger partial charge in [-0.1, -0.05) is 17.3 Å². The number of nitriles is 1. The first-order chi connectivity index (χ1) is 8.76. The maximum Gasteiger partial charge on any atom is 0.273 e. The van der Waals surface area contributed by atoms with Crippen LogP contribution in [0.2, 0.25) is 0 Å². The number of nitrogens with zero attached hydrogens (tertiary/aromatic N) is 4. The average molecular weight is 241 g/mol. The van der Waals surface area contributed by atoms with Crippen LogP contribution >= 0.6 is 0 Å². The molecule has 0 bridgehead atoms. The van der Waals surface area contributed by atoms with Gasteiger partial charge in [-0.05, 0) is 19.1 Å². The van der Waals surface area contributed by atoms with Crippen molar-refractivity contribution in [1.82, 2.24) is 20.3 Å². The Morgan fingerprint density at radius 3 is 3.00 bits per heavy atom. The Labute approximate surface area is 104 Å². The predicted octanol–water partition coefficient (Wildman–Crippen LogP) is 0.889. The molecule has 6 nitrogen and oxygen atoms in total. The molecule has 0 aliphatic heterocycles. The summed E-state index contributed by atoms with van der Waals surface area (Å²) in [4.78, 5) is 11.6. The second-order valence-corrected chi connectivity index (χ2v) is 3.54. The van der Waals surface area contributed by atoms with Gasteiger partial charge < -0.3 is 5.32 Å². The van der Waals surface area contributed by atoms with Gasteiger partial charge in [-0.3, -0.25) is 4.79 Å². The van der Waals surface area contributed by atoms with E-state index in [1.54, 1.807) is 24.3 Å². The zero-order valence-corrected chi connectivity index (χ0v) is 9.79. The van der Waals surface area contributed by atoms with Gasteiger partial charge in [0.1, 0.15) is 6.07 Å². The molecule has 2 rings (SSSR count). The highest BCUT2D eigenvalue weighted by Crippen LogP contribution is 2.12. The Morgan fingerprint density at radius 2 is 2.28 bits per heavy atom. The summed E-state index contributed by atoms with van der Waals surface area (Å²) in [6.45, 7) is 2.35. The topological polar surface area (TPSA) is 83.6 Å². The molecule has 1 amide bonds. The second kappa shape index (κ2) is 5.10. The van der Waals surface area contributed by atoms with Crippen LogP contribution in [0.25, 0.3) is 5.69 Å². The van der Waals surface area contributed by atoms with Crippen molar-refractivity contribution in [3.63, 3.8) is 0 Å². The summed E-state index contributed by atoms with van der Waals surface area (Å²) in [6, 6.07) is 9.06. The van der Waals surface area contributed by atoms with E-state index >= 15 is 0 Å². The number of amides is 1. The molecule has 2 aromatic rings. The van der Waals surface area contributed by atoms with Gasteiger partial charge in [-0.25, -0.2) is 4.68 Å². The monoisotopic (exact) mass is 241 g/mol. The minimum absolute atomic E-state index is 0.226. The van der Waals surface area contributed by atoms with Crippen LogP contribution < -0.4 is 5.32 Å². The van der Waals surface area contributed by atoms with Crippen LogP contribution in [0.15, 0.2) is 30.5 Å². The lowest BCUT2D eigenvalue weighted by Gasteiger charge is -2.01. The van der Waals surface area contributed by atoms with Gasteiger partial charge in [-0.2, -0.15) is 5.26 Å². The standard InChI is InChI=1S/C12H11N5O/c1-2-14-12(18)10-8-17(16-15-10)11-6-4-3-5-9(11)7-13/h3-6,8H,2H2,1H3,(H,14,18). The lowest BCUT2D eigenvalue weighted by molar-refractivity contribution is 0.0951. The van der Waals surface area contributed by atoms with E-state index in [9.17, 15) is 4.79 Å². The number of nitrogens with one attached hydrogen (secondary N) is 1. The fraction of sp³-hybridized carbons (Fsp3) is 0.167. The number of carbonyl (C=O) groups is 1. The number of aromatic nitrogens is 3. The van der Waals surface area contributed by atoms with Gasteiger partial charge in [0, 0.05) is 6.54 Å². The molecule has 0 saturated heterocycles. The zero-order chi connectivity index (χ0) is 13.0. The van der Waals surface area contributed by atoms with E-state index in [1.165, 1.54) is 10.9 Å². The van der Waals surface area contributed by atoms with E-state index in [0.29, 0.717) is 17.8 Å². The van der Waals surface area contributed by atoms with Crippen molar-refractivity contribution in [2.24, 2.45) is 0 Å². The fourth-order valence-electron chi connectivity index (χ4n) is 1.50. The van der Waals surface area contributed by atoms with Crippen LogP contribution in [0.3, 0.4) is 0 Å². The van der Waals surface area contributed by atoms with Crippen molar-refractivity contribution in [2.45, 2.75) is 6.92 Å². The number of hydrogen-bond donors (Lipinski definition) is 1. The van der Waals surface area contributed by atoms with Crippen LogP contribution in [0.5, 0.6) is 0 Å². The van der Waals surface area contributed by atoms with Crippen molar-refractivity contribution in [3.05, 3.63) is 41.7 Å². The highest BCUT2D eigenvalue weighted by atomic mass is 16.1. The molecule has 0 aliphatic rings. The van der Waals surface area contributed by atoms with Crippen LogP contribution in [-0.4, -0.2) is 27.4 Å². The normalized spacial score (nSPS) is 9.78. The maximum absolute atomic E-state index is 11.6. The Kier molecular flexibility index (Phi) is 3.34. The molecule has 0 atom stereocenters. The average Bonchev–Trinajstić information content (AvgIpc) is 2.88. The van der Waals surface area contributed by atoms with Gasteiger partial charge in [0.25, 0.3) is 5.91 Å². The molecular formula is C12H11N5O. The molecule has 90 valence electrons. The number of benzene rings is 1. The van der Waals surface area contributed by atoms with Crippen LogP contribution in [-0.2, 0) is 0 Å². The predicted molar refractivity (Wildman–Crippen MR) is 64.1 cm³/mol. The molecule has 1 aromatic heterocycles. The minimum Gasteiger partial charge on any atom is -0.351 e. The summed E-state index contributed by atoms with van der Waals surface area (Å²) in [5.74, 6) is -0.279. The lowest BCUT2D eigenvalue weighted by Crippen LogP contribution is -2.22. The minimum atomic E-state index is -0.279. The third kappa shape index (κ3) is 2.20. The third-order valence-electron chi connectivity index (χ3n) is 2.33. The van der Waals surface area contributed by atoms with Crippen molar-refractivity contribution in [2.75, 3.05) is 6.54 Å². The first kappa shape index (κ1) is 11.8. The molecule has 0 saturated carbocycles. The molecule has 1 N–H and O–H groups in total. The summed E-state index contributed by atoms with van der Waals surface area (Å²) < 4.78 is 1.42. The van der Waals surface area contributed by atoms with Gasteiger partial charge >= 0.3 is 0 Å². The molecule has 0 radical (unpaired) electrons. The summed E-state index contributed by atoms with van der Waals surface area (Å²) in [7, 11) is 0. The Hall–Kier alpha value is -2.68. The summed E-state index contributed by atoms with van der Waals surface area (Å²) in [5, 5.41) is 19.3. The number of rotatable bonds is 3. The zero-order valence-electron chi connectivity index (χ0n) is 9.79. The summed E-state index contributed by atoms with van der Waals surface area (Å²) in [6.07, 6.45) is 1.50. The maximum atomic E-state index is 11.6. The van der Waals surface area contributed by atoms with Crippen LogP contribution in [0.1, 0.15) is 23.0 Å². The first-order valence-corrected chi connectivity index (χ1v) is 5.46. The van der Waals surface area contributed by atoms with E-state index in [0.717, 1.165) is 0 Å². The SMILES string of the molecule is CCNC(=O)c1cn(-c2ccccc2C#N)nn1. The molecule has 6 heteroatoms. The Balaban J connectivity index is 2.36. The van der Waals surface area contributed by atoms with Crippen molar-refractivity contribution >= 4 is 5.91 Å². The Morgan fingerprint density at radius 1 is 1.50 bits per heavy atom. The second-order valence-electron chi connectivity index (χ2n) is 3.54. The quantitative estimate of drug-likeness (QED) is 0.864. The van der Waals surface area contributed by atoms with Crippen molar-refractivity contribution in [3.8, 4) is 11.8 Å². The number of para-hydroxylation sites is 1. The molecule has 0 unspecified atom stereocenters. The van der Waals surface area contributed by atoms with Crippen molar-refractivity contribution in [1.29, 1.82) is 5.26 Å². The van der Waals surface area contributed by atoms with Crippen LogP contribution in [0, 0.1) is 11.3 Å². The van der Waals surface area contributed by atoms with Crippen LogP contribution in [0.4, 0.5) is 0 Å². The van der Waals surface area contributed by atoms with E-state index in [-0.39, 0.29) is 11.6 Å². The highest BCUT2D eigenvalue weighted by molar-refractivity contribution is 5.91. The van der Waals surface area contributed by atoms with E-state index in [4.69, 9.17) is 5.26 Å². The third-order valence-corrected chi connectivity index (χ3v) is 2.33. The molecule has 1 aromatic carbocycles. The van der Waals surface area contributed by atoms with Gasteiger partial charge in [0.15, 0.2) is 5.69 Å². The van der Waals surface area contributed by atoms with Gasteiger partial charge in [-0.15, -0.1) is 5.10 Å². The van der Waals surface area contributed by atoms with Crippen molar-refractivity contribution < 1.29 is 4.79 Å². The molecule has 1 heterocycles. The van der Waals surface area contributed by atoms with Gasteiger partial charge in [0.2, 0.25) is 0 Å². The molecule has 0 spiro atoms. The highest BCUT2D eigenvalue weighted by Gasteiger charge is 2.11.